The second kappa shape index (κ2) is 50.4. The zero-order chi connectivity index (χ0) is 49.9. The van der Waals surface area contributed by atoms with Gasteiger partial charge in [0, 0.05) is 12.8 Å². The molecule has 394 valence electrons. The molecule has 2 unspecified atom stereocenters. The number of carbonyl (C=O) groups excluding carboxylic acids is 2. The van der Waals surface area contributed by atoms with Crippen molar-refractivity contribution in [1.29, 1.82) is 0 Å². The Morgan fingerprint density at radius 2 is 0.838 bits per heavy atom. The first-order valence-corrected chi connectivity index (χ1v) is 28.0. The van der Waals surface area contributed by atoms with Crippen LogP contribution in [0.25, 0.3) is 0 Å². The largest absolute Gasteiger partial charge is 0.477 e. The third-order valence-corrected chi connectivity index (χ3v) is 12.0. The van der Waals surface area contributed by atoms with Crippen LogP contribution in [0.4, 0.5) is 0 Å². The molecule has 9 heteroatoms. The first kappa shape index (κ1) is 65.0. The number of hydrogen-bond acceptors (Lipinski definition) is 7. The topological polar surface area (TPSA) is 108 Å². The lowest BCUT2D eigenvalue weighted by Crippen LogP contribution is -2.40. The molecule has 68 heavy (non-hydrogen) atoms. The second-order valence-electron chi connectivity index (χ2n) is 19.9. The number of carboxylic acids is 1. The van der Waals surface area contributed by atoms with Crippen molar-refractivity contribution in [2.75, 3.05) is 47.5 Å². The van der Waals surface area contributed by atoms with E-state index in [9.17, 15) is 19.5 Å². The van der Waals surface area contributed by atoms with Crippen molar-refractivity contribution >= 4 is 17.9 Å². The molecule has 0 saturated carbocycles. The number of nitrogens with zero attached hydrogens (tertiary/aromatic N) is 1. The zero-order valence-corrected chi connectivity index (χ0v) is 44.8. The van der Waals surface area contributed by atoms with E-state index in [-0.39, 0.29) is 32.2 Å². The van der Waals surface area contributed by atoms with Crippen LogP contribution >= 0.6 is 0 Å². The molecule has 0 spiro atoms. The van der Waals surface area contributed by atoms with Crippen LogP contribution in [0.5, 0.6) is 0 Å². The number of quaternary nitrogens is 1. The van der Waals surface area contributed by atoms with E-state index in [0.717, 1.165) is 70.6 Å². The number of allylic oxidation sites excluding steroid dienone is 10. The average Bonchev–Trinajstić information content (AvgIpc) is 3.30. The normalized spacial score (nSPS) is 13.2. The molecule has 0 aromatic heterocycles. The maximum absolute atomic E-state index is 12.9. The Bertz CT molecular complexity index is 1300. The molecule has 9 nitrogen and oxygen atoms in total. The van der Waals surface area contributed by atoms with Gasteiger partial charge in [-0.2, -0.15) is 0 Å². The van der Waals surface area contributed by atoms with Crippen LogP contribution < -0.4 is 0 Å². The van der Waals surface area contributed by atoms with E-state index in [1.165, 1.54) is 141 Å². The number of aliphatic carboxylic acids is 1. The highest BCUT2D eigenvalue weighted by atomic mass is 16.7. The minimum absolute atomic E-state index is 0.180. The Hall–Kier alpha value is -3.01. The Morgan fingerprint density at radius 1 is 0.456 bits per heavy atom. The summed E-state index contributed by atoms with van der Waals surface area (Å²) < 4.78 is 22.8. The van der Waals surface area contributed by atoms with Gasteiger partial charge >= 0.3 is 17.9 Å². The maximum Gasteiger partial charge on any atom is 0.361 e. The summed E-state index contributed by atoms with van der Waals surface area (Å²) in [6.45, 7) is 4.78. The molecule has 0 bridgehead atoms. The summed E-state index contributed by atoms with van der Waals surface area (Å²) in [5.41, 5.74) is 0. The molecule has 0 fully saturated rings. The van der Waals surface area contributed by atoms with Crippen molar-refractivity contribution < 1.29 is 42.9 Å². The number of likely N-dealkylation sites (N-methyl/N-ethyl adjacent to an activating group) is 1. The van der Waals surface area contributed by atoms with Gasteiger partial charge in [0.2, 0.25) is 0 Å². The summed E-state index contributed by atoms with van der Waals surface area (Å²) in [5, 5.41) is 9.68. The summed E-state index contributed by atoms with van der Waals surface area (Å²) in [4.78, 5) is 37.3. The average molecular weight is 957 g/mol. The van der Waals surface area contributed by atoms with Crippen LogP contribution in [0.1, 0.15) is 239 Å². The Balaban J connectivity index is 4.19. The number of hydrogen-bond donors (Lipinski definition) is 1. The zero-order valence-electron chi connectivity index (χ0n) is 44.8. The van der Waals surface area contributed by atoms with Gasteiger partial charge in [0.25, 0.3) is 6.29 Å². The number of ether oxygens (including phenoxy) is 4. The summed E-state index contributed by atoms with van der Waals surface area (Å²) in [5.74, 6) is -2.00. The molecule has 0 rings (SSSR count). The SMILES string of the molecule is CC/C=C\C/C=C\C/C=C\C/C=C\C/C=C\CCCCCCCCCCCCCCCC(=O)OC(COC(=O)CCCCCCCCCCCCCCCC)COC(OCC[N+](C)(C)C)C(=O)O. The van der Waals surface area contributed by atoms with E-state index in [0.29, 0.717) is 17.4 Å². The minimum atomic E-state index is -1.51. The van der Waals surface area contributed by atoms with E-state index >= 15 is 0 Å². The van der Waals surface area contributed by atoms with Crippen molar-refractivity contribution in [3.05, 3.63) is 60.8 Å². The van der Waals surface area contributed by atoms with Gasteiger partial charge in [-0.05, 0) is 57.8 Å². The summed E-state index contributed by atoms with van der Waals surface area (Å²) in [6, 6.07) is 0. The van der Waals surface area contributed by atoms with E-state index in [2.05, 4.69) is 74.6 Å². The molecular weight excluding hydrogens is 851 g/mol. The number of unbranched alkanes of at least 4 members (excludes halogenated alkanes) is 26. The van der Waals surface area contributed by atoms with Crippen molar-refractivity contribution in [2.24, 2.45) is 0 Å². The fourth-order valence-corrected chi connectivity index (χ4v) is 7.75. The molecule has 0 aromatic rings. The Morgan fingerprint density at radius 3 is 1.25 bits per heavy atom. The lowest BCUT2D eigenvalue weighted by molar-refractivity contribution is -0.870. The lowest BCUT2D eigenvalue weighted by Gasteiger charge is -2.25. The van der Waals surface area contributed by atoms with Crippen LogP contribution in [-0.2, 0) is 33.3 Å². The number of esters is 2. The first-order valence-electron chi connectivity index (χ1n) is 28.0. The molecule has 0 saturated heterocycles. The predicted octanol–water partition coefficient (Wildman–Crippen LogP) is 16.1. The van der Waals surface area contributed by atoms with Gasteiger partial charge in [0.05, 0.1) is 34.4 Å². The van der Waals surface area contributed by atoms with Gasteiger partial charge in [-0.25, -0.2) is 4.79 Å². The lowest BCUT2D eigenvalue weighted by atomic mass is 10.0. The molecule has 0 aliphatic carbocycles. The molecule has 1 N–H and O–H groups in total. The van der Waals surface area contributed by atoms with Crippen LogP contribution in [0.3, 0.4) is 0 Å². The van der Waals surface area contributed by atoms with E-state index in [1.54, 1.807) is 0 Å². The quantitative estimate of drug-likeness (QED) is 0.0211. The Kier molecular flexibility index (Phi) is 48.2. The molecule has 0 amide bonds. The van der Waals surface area contributed by atoms with E-state index in [1.807, 2.05) is 21.1 Å². The fraction of sp³-hybridized carbons (Fsp3) is 0.780. The number of carboxylic acid groups (broad SMARTS) is 1. The number of carbonyl (C=O) groups is 3. The van der Waals surface area contributed by atoms with E-state index in [4.69, 9.17) is 18.9 Å². The monoisotopic (exact) mass is 957 g/mol. The third kappa shape index (κ3) is 50.9. The standard InChI is InChI=1S/C59H105NO8/c1-6-8-10-12-14-16-18-20-22-23-24-25-26-27-28-29-30-31-32-33-34-35-36-38-40-42-44-46-48-50-57(62)68-55(54-67-59(58(63)64)65-52-51-60(3,4)5)53-66-56(61)49-47-45-43-41-39-37-21-19-17-15-13-11-9-7-2/h8,10,14,16,20,22,24-25,27-28,55,59H,6-7,9,11-13,15,17-19,21,23,26,29-54H2,1-5H3/p+1/b10-8-,16-14-,22-20-,25-24-,28-27-. The van der Waals surface area contributed by atoms with Gasteiger partial charge in [-0.3, -0.25) is 9.59 Å². The van der Waals surface area contributed by atoms with Crippen molar-refractivity contribution in [3.8, 4) is 0 Å². The van der Waals surface area contributed by atoms with Gasteiger partial charge in [-0.1, -0.05) is 229 Å². The van der Waals surface area contributed by atoms with Gasteiger partial charge in [0.1, 0.15) is 13.2 Å². The highest BCUT2D eigenvalue weighted by Crippen LogP contribution is 2.16. The predicted molar refractivity (Wildman–Crippen MR) is 286 cm³/mol. The van der Waals surface area contributed by atoms with Crippen LogP contribution in [0.2, 0.25) is 0 Å². The third-order valence-electron chi connectivity index (χ3n) is 12.0. The smallest absolute Gasteiger partial charge is 0.361 e. The molecular formula is C59H106NO8+. The van der Waals surface area contributed by atoms with Gasteiger partial charge in [0.15, 0.2) is 6.10 Å². The highest BCUT2D eigenvalue weighted by Gasteiger charge is 2.25. The molecule has 0 aliphatic rings. The fourth-order valence-electron chi connectivity index (χ4n) is 7.75. The molecule has 0 radical (unpaired) electrons. The van der Waals surface area contributed by atoms with Gasteiger partial charge in [-0.15, -0.1) is 0 Å². The van der Waals surface area contributed by atoms with Crippen LogP contribution in [0, 0.1) is 0 Å². The van der Waals surface area contributed by atoms with E-state index < -0.39 is 24.3 Å². The highest BCUT2D eigenvalue weighted by molar-refractivity contribution is 5.71. The molecule has 0 aliphatic heterocycles. The molecule has 0 heterocycles. The summed E-state index contributed by atoms with van der Waals surface area (Å²) >= 11 is 0. The summed E-state index contributed by atoms with van der Waals surface area (Å²) in [6.07, 6.45) is 60.1. The second-order valence-corrected chi connectivity index (χ2v) is 19.9. The van der Waals surface area contributed by atoms with Crippen molar-refractivity contribution in [3.63, 3.8) is 0 Å². The van der Waals surface area contributed by atoms with Gasteiger partial charge < -0.3 is 28.5 Å². The maximum atomic E-state index is 12.9. The molecule has 0 aromatic carbocycles. The number of rotatable bonds is 51. The Labute approximate surface area is 418 Å². The van der Waals surface area contributed by atoms with Crippen molar-refractivity contribution in [2.45, 2.75) is 251 Å². The minimum Gasteiger partial charge on any atom is -0.477 e. The first-order chi connectivity index (χ1) is 33.1. The molecule has 2 atom stereocenters. The summed E-state index contributed by atoms with van der Waals surface area (Å²) in [7, 11) is 5.97. The van der Waals surface area contributed by atoms with Crippen molar-refractivity contribution in [1.82, 2.24) is 0 Å². The van der Waals surface area contributed by atoms with Crippen LogP contribution in [-0.4, -0.2) is 87.4 Å². The van der Waals surface area contributed by atoms with Crippen LogP contribution in [0.15, 0.2) is 60.8 Å².